The summed E-state index contributed by atoms with van der Waals surface area (Å²) in [6.07, 6.45) is 0. The number of nitrogens with zero attached hydrogens (tertiary/aromatic N) is 2. The molecule has 0 atom stereocenters. The SMILES string of the molecule is CC(C)(CN)Nc1nc2c([N+](=O)[O-])cccc2o1. The number of fused-ring (bicyclic) bond motifs is 1. The third kappa shape index (κ3) is 2.25. The minimum atomic E-state index is -0.483. The van der Waals surface area contributed by atoms with Crippen molar-refractivity contribution in [3.8, 4) is 0 Å². The number of nitro groups is 1. The van der Waals surface area contributed by atoms with E-state index < -0.39 is 10.5 Å². The Balaban J connectivity index is 2.45. The molecular weight excluding hydrogens is 236 g/mol. The molecule has 2 aromatic rings. The predicted molar refractivity (Wildman–Crippen MR) is 67.4 cm³/mol. The van der Waals surface area contributed by atoms with Gasteiger partial charge in [-0.2, -0.15) is 4.98 Å². The van der Waals surface area contributed by atoms with Crippen molar-refractivity contribution in [2.24, 2.45) is 5.73 Å². The van der Waals surface area contributed by atoms with Crippen LogP contribution in [0.25, 0.3) is 11.1 Å². The minimum Gasteiger partial charge on any atom is -0.423 e. The van der Waals surface area contributed by atoms with E-state index in [2.05, 4.69) is 10.3 Å². The van der Waals surface area contributed by atoms with Gasteiger partial charge in [0, 0.05) is 18.2 Å². The molecule has 96 valence electrons. The van der Waals surface area contributed by atoms with E-state index in [4.69, 9.17) is 10.2 Å². The Labute approximate surface area is 103 Å². The number of para-hydroxylation sites is 1. The van der Waals surface area contributed by atoms with Crippen LogP contribution < -0.4 is 11.1 Å². The quantitative estimate of drug-likeness (QED) is 0.633. The number of benzene rings is 1. The van der Waals surface area contributed by atoms with Gasteiger partial charge >= 0.3 is 0 Å². The van der Waals surface area contributed by atoms with Crippen LogP contribution in [0.15, 0.2) is 22.6 Å². The molecule has 1 aromatic carbocycles. The van der Waals surface area contributed by atoms with Crippen LogP contribution in [0.3, 0.4) is 0 Å². The summed E-state index contributed by atoms with van der Waals surface area (Å²) in [6.45, 7) is 4.15. The first-order valence-electron chi connectivity index (χ1n) is 5.45. The van der Waals surface area contributed by atoms with Gasteiger partial charge in [-0.05, 0) is 19.9 Å². The van der Waals surface area contributed by atoms with Gasteiger partial charge in [-0.3, -0.25) is 10.1 Å². The number of nitrogens with two attached hydrogens (primary N) is 1. The molecule has 3 N–H and O–H groups in total. The van der Waals surface area contributed by atoms with Gasteiger partial charge in [-0.15, -0.1) is 0 Å². The van der Waals surface area contributed by atoms with E-state index in [-0.39, 0.29) is 17.2 Å². The molecule has 7 nitrogen and oxygen atoms in total. The van der Waals surface area contributed by atoms with Crippen molar-refractivity contribution in [3.63, 3.8) is 0 Å². The molecule has 0 aliphatic rings. The summed E-state index contributed by atoms with van der Waals surface area (Å²) in [4.78, 5) is 14.5. The van der Waals surface area contributed by atoms with Gasteiger partial charge in [-0.1, -0.05) is 6.07 Å². The van der Waals surface area contributed by atoms with E-state index in [1.807, 2.05) is 13.8 Å². The molecule has 0 saturated heterocycles. The number of nitro benzene ring substituents is 1. The molecule has 2 rings (SSSR count). The highest BCUT2D eigenvalue weighted by molar-refractivity contribution is 5.84. The van der Waals surface area contributed by atoms with Crippen LogP contribution in [0.2, 0.25) is 0 Å². The number of oxazole rings is 1. The highest BCUT2D eigenvalue weighted by atomic mass is 16.6. The van der Waals surface area contributed by atoms with Gasteiger partial charge in [-0.25, -0.2) is 0 Å². The second kappa shape index (κ2) is 4.26. The highest BCUT2D eigenvalue weighted by Crippen LogP contribution is 2.28. The lowest BCUT2D eigenvalue weighted by Gasteiger charge is -2.22. The van der Waals surface area contributed by atoms with E-state index in [1.165, 1.54) is 6.07 Å². The first-order valence-corrected chi connectivity index (χ1v) is 5.45. The fraction of sp³-hybridized carbons (Fsp3) is 0.364. The average molecular weight is 250 g/mol. The molecule has 0 saturated carbocycles. The highest BCUT2D eigenvalue weighted by Gasteiger charge is 2.21. The second-order valence-corrected chi connectivity index (χ2v) is 4.61. The van der Waals surface area contributed by atoms with Crippen molar-refractivity contribution in [1.82, 2.24) is 4.98 Å². The summed E-state index contributed by atoms with van der Waals surface area (Å²) >= 11 is 0. The lowest BCUT2D eigenvalue weighted by molar-refractivity contribution is -0.383. The number of hydrogen-bond acceptors (Lipinski definition) is 6. The van der Waals surface area contributed by atoms with Crippen LogP contribution >= 0.6 is 0 Å². The molecule has 1 aromatic heterocycles. The Bertz CT molecular complexity index is 591. The number of non-ortho nitro benzene ring substituents is 1. The first kappa shape index (κ1) is 12.3. The van der Waals surface area contributed by atoms with Crippen molar-refractivity contribution in [3.05, 3.63) is 28.3 Å². The van der Waals surface area contributed by atoms with Crippen LogP contribution in [0.5, 0.6) is 0 Å². The van der Waals surface area contributed by atoms with E-state index in [1.54, 1.807) is 12.1 Å². The van der Waals surface area contributed by atoms with E-state index in [0.717, 1.165) is 0 Å². The normalized spacial score (nSPS) is 11.7. The number of rotatable bonds is 4. The van der Waals surface area contributed by atoms with Gasteiger partial charge in [0.25, 0.3) is 11.7 Å². The van der Waals surface area contributed by atoms with Gasteiger partial charge in [0.05, 0.1) is 4.92 Å². The summed E-state index contributed by atoms with van der Waals surface area (Å²) in [5.74, 6) is 0. The molecule has 0 aliphatic heterocycles. The summed E-state index contributed by atoms with van der Waals surface area (Å²) in [7, 11) is 0. The van der Waals surface area contributed by atoms with Gasteiger partial charge in [0.2, 0.25) is 0 Å². The van der Waals surface area contributed by atoms with Crippen molar-refractivity contribution < 1.29 is 9.34 Å². The van der Waals surface area contributed by atoms with Crippen LogP contribution in [-0.2, 0) is 0 Å². The molecule has 0 aliphatic carbocycles. The molecule has 18 heavy (non-hydrogen) atoms. The third-order valence-corrected chi connectivity index (χ3v) is 2.55. The van der Waals surface area contributed by atoms with Crippen LogP contribution in [0.1, 0.15) is 13.8 Å². The number of anilines is 1. The largest absolute Gasteiger partial charge is 0.423 e. The lowest BCUT2D eigenvalue weighted by Crippen LogP contribution is -2.39. The molecule has 0 amide bonds. The molecule has 7 heteroatoms. The Morgan fingerprint density at radius 1 is 1.56 bits per heavy atom. The van der Waals surface area contributed by atoms with Crippen LogP contribution in [-0.4, -0.2) is 22.0 Å². The van der Waals surface area contributed by atoms with E-state index >= 15 is 0 Å². The summed E-state index contributed by atoms with van der Waals surface area (Å²) in [5, 5.41) is 13.8. The average Bonchev–Trinajstić information content (AvgIpc) is 2.69. The third-order valence-electron chi connectivity index (χ3n) is 2.55. The van der Waals surface area contributed by atoms with Crippen molar-refractivity contribution in [2.75, 3.05) is 11.9 Å². The van der Waals surface area contributed by atoms with Crippen molar-refractivity contribution >= 4 is 22.8 Å². The Kier molecular flexibility index (Phi) is 2.92. The zero-order valence-electron chi connectivity index (χ0n) is 10.1. The molecule has 0 spiro atoms. The van der Waals surface area contributed by atoms with Gasteiger partial charge in [0.15, 0.2) is 11.1 Å². The summed E-state index contributed by atoms with van der Waals surface area (Å²) in [6, 6.07) is 4.82. The topological polar surface area (TPSA) is 107 Å². The van der Waals surface area contributed by atoms with E-state index in [0.29, 0.717) is 12.1 Å². The number of aromatic nitrogens is 1. The Hall–Kier alpha value is -2.15. The van der Waals surface area contributed by atoms with Gasteiger partial charge < -0.3 is 15.5 Å². The molecule has 0 bridgehead atoms. The monoisotopic (exact) mass is 250 g/mol. The Morgan fingerprint density at radius 3 is 2.89 bits per heavy atom. The van der Waals surface area contributed by atoms with Crippen molar-refractivity contribution in [1.29, 1.82) is 0 Å². The standard InChI is InChI=1S/C11H14N4O3/c1-11(2,6-12)14-10-13-9-7(15(16)17)4-3-5-8(9)18-10/h3-5H,6,12H2,1-2H3,(H,13,14). The van der Waals surface area contributed by atoms with Crippen LogP contribution in [0.4, 0.5) is 11.7 Å². The smallest absolute Gasteiger partial charge is 0.298 e. The van der Waals surface area contributed by atoms with Crippen molar-refractivity contribution in [2.45, 2.75) is 19.4 Å². The number of nitrogens with one attached hydrogen (secondary N) is 1. The fourth-order valence-corrected chi connectivity index (χ4v) is 1.48. The van der Waals surface area contributed by atoms with Crippen LogP contribution in [0, 0.1) is 10.1 Å². The predicted octanol–water partition coefficient (Wildman–Crippen LogP) is 1.89. The maximum atomic E-state index is 10.8. The zero-order valence-corrected chi connectivity index (χ0v) is 10.1. The zero-order chi connectivity index (χ0) is 13.3. The fourth-order valence-electron chi connectivity index (χ4n) is 1.48. The molecule has 0 unspecified atom stereocenters. The Morgan fingerprint density at radius 2 is 2.28 bits per heavy atom. The maximum Gasteiger partial charge on any atom is 0.298 e. The minimum absolute atomic E-state index is 0.0742. The molecule has 0 fully saturated rings. The summed E-state index contributed by atoms with van der Waals surface area (Å²) in [5.41, 5.74) is 5.73. The maximum absolute atomic E-state index is 10.8. The lowest BCUT2D eigenvalue weighted by atomic mass is 10.1. The van der Waals surface area contributed by atoms with Gasteiger partial charge in [0.1, 0.15) is 0 Å². The molecule has 0 radical (unpaired) electrons. The number of hydrogen-bond donors (Lipinski definition) is 2. The second-order valence-electron chi connectivity index (χ2n) is 4.61. The van der Waals surface area contributed by atoms with E-state index in [9.17, 15) is 10.1 Å². The molecular formula is C11H14N4O3. The molecule has 1 heterocycles. The summed E-state index contributed by atoms with van der Waals surface area (Å²) < 4.78 is 5.41. The first-order chi connectivity index (χ1) is 8.43.